The summed E-state index contributed by atoms with van der Waals surface area (Å²) in [5.74, 6) is -2.92. The molecule has 1 spiro atoms. The molecule has 10 heteroatoms. The number of carbonyl (C=O) groups excluding carboxylic acids is 4. The molecule has 0 bridgehead atoms. The van der Waals surface area contributed by atoms with Gasteiger partial charge >= 0.3 is 5.97 Å². The molecular formula is C35H47N3O7. The number of rotatable bonds is 11. The third-order valence-corrected chi connectivity index (χ3v) is 9.49. The van der Waals surface area contributed by atoms with Crippen LogP contribution in [0.5, 0.6) is 0 Å². The fourth-order valence-electron chi connectivity index (χ4n) is 7.23. The number of benzene rings is 1. The number of cyclic esters (lactones) is 1. The molecule has 2 fully saturated rings. The van der Waals surface area contributed by atoms with E-state index >= 15 is 0 Å². The van der Waals surface area contributed by atoms with E-state index in [0.717, 1.165) is 37.7 Å². The number of hydrogen-bond acceptors (Lipinski definition) is 7. The maximum absolute atomic E-state index is 14.5. The Morgan fingerprint density at radius 1 is 0.956 bits per heavy atom. The van der Waals surface area contributed by atoms with Crippen molar-refractivity contribution in [3.63, 3.8) is 0 Å². The van der Waals surface area contributed by atoms with Crippen molar-refractivity contribution in [1.29, 1.82) is 0 Å². The number of amides is 3. The van der Waals surface area contributed by atoms with Gasteiger partial charge in [-0.1, -0.05) is 87.2 Å². The third-order valence-electron chi connectivity index (χ3n) is 9.49. The number of hydrogen-bond donors (Lipinski definition) is 2. The monoisotopic (exact) mass is 621 g/mol. The second-order valence-corrected chi connectivity index (χ2v) is 12.5. The number of aliphatic hydroxyl groups excluding tert-OH is 1. The molecule has 6 atom stereocenters. The van der Waals surface area contributed by atoms with Crippen molar-refractivity contribution in [1.82, 2.24) is 15.1 Å². The maximum atomic E-state index is 14.5. The van der Waals surface area contributed by atoms with E-state index in [0.29, 0.717) is 38.9 Å². The maximum Gasteiger partial charge on any atom is 0.306 e. The van der Waals surface area contributed by atoms with Crippen LogP contribution in [0.4, 0.5) is 0 Å². The summed E-state index contributed by atoms with van der Waals surface area (Å²) in [6, 6.07) is 7.82. The molecular weight excluding hydrogens is 574 g/mol. The molecule has 5 rings (SSSR count). The Morgan fingerprint density at radius 3 is 2.51 bits per heavy atom. The zero-order valence-corrected chi connectivity index (χ0v) is 26.3. The number of carbonyl (C=O) groups is 4. The fourth-order valence-corrected chi connectivity index (χ4v) is 7.23. The van der Waals surface area contributed by atoms with E-state index < -0.39 is 35.6 Å². The summed E-state index contributed by atoms with van der Waals surface area (Å²) < 4.78 is 12.3. The summed E-state index contributed by atoms with van der Waals surface area (Å²) in [7, 11) is 0. The molecule has 0 saturated carbocycles. The fraction of sp³-hybridized carbons (Fsp3) is 0.600. The molecule has 244 valence electrons. The number of ether oxygens (including phenoxy) is 2. The van der Waals surface area contributed by atoms with Crippen molar-refractivity contribution < 1.29 is 33.8 Å². The van der Waals surface area contributed by atoms with Gasteiger partial charge < -0.3 is 29.7 Å². The van der Waals surface area contributed by atoms with Gasteiger partial charge in [0, 0.05) is 32.7 Å². The van der Waals surface area contributed by atoms with E-state index in [1.807, 2.05) is 47.4 Å². The molecule has 1 aromatic carbocycles. The lowest BCUT2D eigenvalue weighted by molar-refractivity contribution is -0.148. The molecule has 0 radical (unpaired) electrons. The molecule has 4 heterocycles. The summed E-state index contributed by atoms with van der Waals surface area (Å²) in [6.45, 7) is 3.59. The van der Waals surface area contributed by atoms with E-state index in [-0.39, 0.29) is 43.3 Å². The van der Waals surface area contributed by atoms with Gasteiger partial charge in [0.15, 0.2) is 0 Å². The summed E-state index contributed by atoms with van der Waals surface area (Å²) in [5, 5.41) is 12.3. The minimum atomic E-state index is -1.30. The standard InChI is InChI=1S/C35H47N3O7/c1-2-3-11-20-37-21-14-19-35-30(33(42)38(31(35)34(37)43)22-12-4-5-13-23-39)29-27(45-35)17-9-10-18-28(40)44-24-26(36-32(29)41)25-15-7-6-8-16-25/h6-9,14-17,19,26-27,29-31,39H,2-5,10-13,18,20-24H2,1H3,(H,36,41)/b17-9-/t26-,27+,29-,30-,31+,35-/m0/s1. The highest BCUT2D eigenvalue weighted by Gasteiger charge is 2.71. The van der Waals surface area contributed by atoms with Crippen LogP contribution in [0.2, 0.25) is 0 Å². The van der Waals surface area contributed by atoms with E-state index in [1.165, 1.54) is 0 Å². The molecule has 4 aliphatic heterocycles. The summed E-state index contributed by atoms with van der Waals surface area (Å²) >= 11 is 0. The summed E-state index contributed by atoms with van der Waals surface area (Å²) in [6.07, 6.45) is 13.1. The van der Waals surface area contributed by atoms with Crippen LogP contribution in [0.3, 0.4) is 0 Å². The number of allylic oxidation sites excluding steroid dienone is 1. The quantitative estimate of drug-likeness (QED) is 0.220. The van der Waals surface area contributed by atoms with Crippen LogP contribution in [0.1, 0.15) is 76.3 Å². The van der Waals surface area contributed by atoms with Gasteiger partial charge in [-0.05, 0) is 31.2 Å². The van der Waals surface area contributed by atoms with E-state index in [1.54, 1.807) is 17.1 Å². The SMILES string of the molecule is CCCCCN1CC=C[C@]23O[C@@H]4/C=C\CCC(=O)OC[C@@H](c5ccccc5)NC(=O)[C@@H]4[C@H]2C(=O)N(CCCCCCO)[C@@H]3C1=O. The van der Waals surface area contributed by atoms with Gasteiger partial charge in [-0.25, -0.2) is 0 Å². The molecule has 45 heavy (non-hydrogen) atoms. The van der Waals surface area contributed by atoms with Crippen LogP contribution in [0, 0.1) is 11.8 Å². The number of fused-ring (bicyclic) bond motifs is 2. The molecule has 10 nitrogen and oxygen atoms in total. The van der Waals surface area contributed by atoms with Crippen molar-refractivity contribution in [3.05, 3.63) is 60.2 Å². The van der Waals surface area contributed by atoms with Crippen molar-refractivity contribution in [2.24, 2.45) is 11.8 Å². The van der Waals surface area contributed by atoms with Gasteiger partial charge in [0.05, 0.1) is 24.0 Å². The molecule has 4 aliphatic rings. The van der Waals surface area contributed by atoms with Crippen LogP contribution in [-0.2, 0) is 28.7 Å². The molecule has 0 aliphatic carbocycles. The summed E-state index contributed by atoms with van der Waals surface area (Å²) in [5.41, 5.74) is -0.520. The van der Waals surface area contributed by atoms with Crippen LogP contribution < -0.4 is 5.32 Å². The van der Waals surface area contributed by atoms with Gasteiger partial charge in [0.2, 0.25) is 17.7 Å². The lowest BCUT2D eigenvalue weighted by Gasteiger charge is -2.35. The summed E-state index contributed by atoms with van der Waals surface area (Å²) in [4.78, 5) is 59.1. The number of unbranched alkanes of at least 4 members (excludes halogenated alkanes) is 5. The van der Waals surface area contributed by atoms with Gasteiger partial charge in [0.25, 0.3) is 0 Å². The Bertz CT molecular complexity index is 1270. The predicted octanol–water partition coefficient (Wildman–Crippen LogP) is 3.46. The highest BCUT2D eigenvalue weighted by atomic mass is 16.5. The lowest BCUT2D eigenvalue weighted by atomic mass is 9.77. The molecule has 1 aromatic rings. The Hall–Kier alpha value is -3.50. The van der Waals surface area contributed by atoms with E-state index in [9.17, 15) is 24.3 Å². The first-order valence-corrected chi connectivity index (χ1v) is 16.6. The number of likely N-dealkylation sites (tertiary alicyclic amines) is 1. The van der Waals surface area contributed by atoms with Crippen LogP contribution in [0.25, 0.3) is 0 Å². The van der Waals surface area contributed by atoms with Gasteiger partial charge in [-0.15, -0.1) is 0 Å². The zero-order chi connectivity index (χ0) is 31.8. The molecule has 2 saturated heterocycles. The van der Waals surface area contributed by atoms with Crippen molar-refractivity contribution in [2.45, 2.75) is 88.5 Å². The van der Waals surface area contributed by atoms with Crippen LogP contribution in [0.15, 0.2) is 54.6 Å². The van der Waals surface area contributed by atoms with Crippen molar-refractivity contribution in [2.75, 3.05) is 32.8 Å². The number of nitrogens with one attached hydrogen (secondary N) is 1. The zero-order valence-electron chi connectivity index (χ0n) is 26.3. The topological polar surface area (TPSA) is 125 Å². The van der Waals surface area contributed by atoms with E-state index in [4.69, 9.17) is 9.47 Å². The first kappa shape index (κ1) is 32.9. The van der Waals surface area contributed by atoms with Gasteiger partial charge in [-0.3, -0.25) is 19.2 Å². The van der Waals surface area contributed by atoms with Crippen molar-refractivity contribution in [3.8, 4) is 0 Å². The number of aliphatic hydroxyl groups is 1. The molecule has 3 amide bonds. The third kappa shape index (κ3) is 7.02. The van der Waals surface area contributed by atoms with Crippen molar-refractivity contribution >= 4 is 23.7 Å². The lowest BCUT2D eigenvalue weighted by Crippen LogP contribution is -2.55. The van der Waals surface area contributed by atoms with Gasteiger partial charge in [-0.2, -0.15) is 0 Å². The normalized spacial score (nSPS) is 30.8. The highest BCUT2D eigenvalue weighted by molar-refractivity contribution is 5.99. The second kappa shape index (κ2) is 15.2. The predicted molar refractivity (Wildman–Crippen MR) is 168 cm³/mol. The smallest absolute Gasteiger partial charge is 0.306 e. The Morgan fingerprint density at radius 2 is 1.73 bits per heavy atom. The number of esters is 1. The Balaban J connectivity index is 1.51. The number of nitrogens with zero attached hydrogens (tertiary/aromatic N) is 2. The first-order chi connectivity index (χ1) is 21.9. The minimum absolute atomic E-state index is 0.0337. The first-order valence-electron chi connectivity index (χ1n) is 16.6. The van der Waals surface area contributed by atoms with E-state index in [2.05, 4.69) is 12.2 Å². The van der Waals surface area contributed by atoms with Crippen LogP contribution in [-0.4, -0.2) is 89.2 Å². The average molecular weight is 622 g/mol. The Labute approximate surface area is 265 Å². The molecule has 0 unspecified atom stereocenters. The minimum Gasteiger partial charge on any atom is -0.463 e. The molecule has 2 N–H and O–H groups in total. The largest absolute Gasteiger partial charge is 0.463 e. The Kier molecular flexibility index (Phi) is 11.1. The van der Waals surface area contributed by atoms with Gasteiger partial charge in [0.1, 0.15) is 18.2 Å². The second-order valence-electron chi connectivity index (χ2n) is 12.5. The highest BCUT2D eigenvalue weighted by Crippen LogP contribution is 2.53. The van der Waals surface area contributed by atoms with Crippen LogP contribution >= 0.6 is 0 Å². The average Bonchev–Trinajstić information content (AvgIpc) is 3.42. The molecule has 0 aromatic heterocycles.